The van der Waals surface area contributed by atoms with Gasteiger partial charge in [-0.15, -0.1) is 0 Å². The Kier molecular flexibility index (Phi) is 5.93. The summed E-state index contributed by atoms with van der Waals surface area (Å²) in [5.41, 5.74) is 0.329. The van der Waals surface area contributed by atoms with E-state index in [1.54, 1.807) is 4.90 Å². The van der Waals surface area contributed by atoms with Gasteiger partial charge in [0.25, 0.3) is 0 Å². The maximum Gasteiger partial charge on any atom is 0.416 e. The molecule has 2 amide bonds. The lowest BCUT2D eigenvalue weighted by Crippen LogP contribution is -2.42. The molecule has 2 aromatic carbocycles. The van der Waals surface area contributed by atoms with Gasteiger partial charge in [0.2, 0.25) is 0 Å². The highest BCUT2D eigenvalue weighted by Gasteiger charge is 2.33. The summed E-state index contributed by atoms with van der Waals surface area (Å²) in [5.74, 6) is 0.0441. The molecule has 2 aromatic rings. The second kappa shape index (κ2) is 8.22. The number of benzene rings is 2. The number of nitrogens with zero attached hydrogens (tertiary/aromatic N) is 1. The number of halogens is 3. The van der Waals surface area contributed by atoms with Gasteiger partial charge in [0.1, 0.15) is 0 Å². The van der Waals surface area contributed by atoms with Crippen molar-refractivity contribution in [1.29, 1.82) is 0 Å². The van der Waals surface area contributed by atoms with Crippen LogP contribution in [-0.2, 0) is 6.18 Å². The lowest BCUT2D eigenvalue weighted by Gasteiger charge is -2.34. The van der Waals surface area contributed by atoms with Crippen molar-refractivity contribution < 1.29 is 23.1 Å². The molecule has 0 saturated carbocycles. The van der Waals surface area contributed by atoms with E-state index < -0.39 is 23.9 Å². The zero-order valence-electron chi connectivity index (χ0n) is 15.5. The summed E-state index contributed by atoms with van der Waals surface area (Å²) >= 11 is 0. The molecule has 7 heteroatoms. The average molecular weight is 392 g/mol. The normalized spacial score (nSPS) is 16.7. The largest absolute Gasteiger partial charge is 0.416 e. The number of aliphatic hydroxyl groups excluding tert-OH is 1. The van der Waals surface area contributed by atoms with Crippen molar-refractivity contribution in [1.82, 2.24) is 4.90 Å². The number of hydrogen-bond donors (Lipinski definition) is 2. The highest BCUT2D eigenvalue weighted by molar-refractivity contribution is 5.89. The summed E-state index contributed by atoms with van der Waals surface area (Å²) in [6.07, 6.45) is -3.79. The molecule has 0 radical (unpaired) electrons. The average Bonchev–Trinajstić information content (AvgIpc) is 2.69. The number of aryl methyl sites for hydroxylation is 1. The lowest BCUT2D eigenvalue weighted by molar-refractivity contribution is -0.138. The van der Waals surface area contributed by atoms with Gasteiger partial charge in [-0.2, -0.15) is 13.2 Å². The number of carbonyl (C=O) groups excluding carboxylic acids is 1. The predicted octanol–water partition coefficient (Wildman–Crippen LogP) is 4.99. The predicted molar refractivity (Wildman–Crippen MR) is 101 cm³/mol. The summed E-state index contributed by atoms with van der Waals surface area (Å²) in [6.45, 7) is 2.27. The Balaban J connectivity index is 1.59. The lowest BCUT2D eigenvalue weighted by atomic mass is 9.87. The molecule has 1 fully saturated rings. The van der Waals surface area contributed by atoms with Crippen LogP contribution >= 0.6 is 0 Å². The smallest absolute Gasteiger partial charge is 0.388 e. The van der Waals surface area contributed by atoms with E-state index in [0.717, 1.165) is 11.6 Å². The number of hydrogen-bond acceptors (Lipinski definition) is 2. The standard InChI is InChI=1S/C21H23F3N2O2/c1-14-7-8-17(13-18(14)21(22,23)24)25-20(28)26-11-9-16(10-12-26)19(27)15-5-3-2-4-6-15/h2-8,13,16,19,27H,9-12H2,1H3,(H,25,28). The number of aliphatic hydroxyl groups is 1. The van der Waals surface area contributed by atoms with E-state index in [4.69, 9.17) is 0 Å². The van der Waals surface area contributed by atoms with E-state index in [9.17, 15) is 23.1 Å². The molecule has 1 unspecified atom stereocenters. The van der Waals surface area contributed by atoms with E-state index in [2.05, 4.69) is 5.32 Å². The van der Waals surface area contributed by atoms with Gasteiger partial charge in [-0.25, -0.2) is 4.79 Å². The number of urea groups is 1. The number of piperidine rings is 1. The first-order valence-corrected chi connectivity index (χ1v) is 9.22. The Hall–Kier alpha value is -2.54. The zero-order chi connectivity index (χ0) is 20.3. The third-order valence-electron chi connectivity index (χ3n) is 5.21. The van der Waals surface area contributed by atoms with Crippen molar-refractivity contribution in [2.45, 2.75) is 32.0 Å². The highest BCUT2D eigenvalue weighted by Crippen LogP contribution is 2.34. The van der Waals surface area contributed by atoms with E-state index in [1.807, 2.05) is 30.3 Å². The second-order valence-electron chi connectivity index (χ2n) is 7.14. The van der Waals surface area contributed by atoms with Crippen LogP contribution < -0.4 is 5.32 Å². The second-order valence-corrected chi connectivity index (χ2v) is 7.14. The third kappa shape index (κ3) is 4.65. The molecule has 0 aliphatic carbocycles. The first-order chi connectivity index (χ1) is 13.3. The molecule has 1 atom stereocenters. The summed E-state index contributed by atoms with van der Waals surface area (Å²) in [7, 11) is 0. The molecule has 1 heterocycles. The van der Waals surface area contributed by atoms with Crippen LogP contribution in [0, 0.1) is 12.8 Å². The third-order valence-corrected chi connectivity index (χ3v) is 5.21. The maximum atomic E-state index is 13.0. The molecular weight excluding hydrogens is 369 g/mol. The van der Waals surface area contributed by atoms with Crippen molar-refractivity contribution in [3.63, 3.8) is 0 Å². The topological polar surface area (TPSA) is 52.6 Å². The Bertz CT molecular complexity index is 816. The van der Waals surface area contributed by atoms with E-state index in [1.165, 1.54) is 19.1 Å². The summed E-state index contributed by atoms with van der Waals surface area (Å²) in [4.78, 5) is 14.0. The van der Waals surface area contributed by atoms with E-state index in [-0.39, 0.29) is 17.2 Å². The maximum absolute atomic E-state index is 13.0. The van der Waals surface area contributed by atoms with Crippen LogP contribution in [0.4, 0.5) is 23.7 Å². The molecule has 28 heavy (non-hydrogen) atoms. The SMILES string of the molecule is Cc1ccc(NC(=O)N2CCC(C(O)c3ccccc3)CC2)cc1C(F)(F)F. The van der Waals surface area contributed by atoms with E-state index >= 15 is 0 Å². The molecule has 1 aliphatic rings. The number of rotatable bonds is 3. The van der Waals surface area contributed by atoms with Crippen LogP contribution in [0.1, 0.15) is 35.6 Å². The minimum absolute atomic E-state index is 0.0441. The fourth-order valence-corrected chi connectivity index (χ4v) is 3.55. The van der Waals surface area contributed by atoms with Gasteiger partial charge in [-0.3, -0.25) is 0 Å². The van der Waals surface area contributed by atoms with Gasteiger partial charge in [-0.1, -0.05) is 36.4 Å². The van der Waals surface area contributed by atoms with Crippen molar-refractivity contribution in [2.24, 2.45) is 5.92 Å². The molecular formula is C21H23F3N2O2. The van der Waals surface area contributed by atoms with Crippen LogP contribution in [0.5, 0.6) is 0 Å². The van der Waals surface area contributed by atoms with Gasteiger partial charge in [0.05, 0.1) is 11.7 Å². The highest BCUT2D eigenvalue weighted by atomic mass is 19.4. The van der Waals surface area contributed by atoms with Crippen LogP contribution in [0.2, 0.25) is 0 Å². The minimum atomic E-state index is -4.46. The van der Waals surface area contributed by atoms with Gasteiger partial charge < -0.3 is 15.3 Å². The van der Waals surface area contributed by atoms with Crippen LogP contribution in [0.3, 0.4) is 0 Å². The Labute approximate surface area is 162 Å². The Morgan fingerprint density at radius 1 is 1.14 bits per heavy atom. The number of anilines is 1. The molecule has 0 aromatic heterocycles. The fourth-order valence-electron chi connectivity index (χ4n) is 3.55. The van der Waals surface area contributed by atoms with Crippen LogP contribution in [-0.4, -0.2) is 29.1 Å². The molecule has 0 spiro atoms. The number of alkyl halides is 3. The first-order valence-electron chi connectivity index (χ1n) is 9.22. The first kappa shape index (κ1) is 20.2. The summed E-state index contributed by atoms with van der Waals surface area (Å²) in [6, 6.07) is 12.7. The molecule has 150 valence electrons. The number of amides is 2. The zero-order valence-corrected chi connectivity index (χ0v) is 15.5. The number of carbonyl (C=O) groups is 1. The Morgan fingerprint density at radius 2 is 1.79 bits per heavy atom. The molecule has 0 bridgehead atoms. The summed E-state index contributed by atoms with van der Waals surface area (Å²) in [5, 5.41) is 13.1. The molecule has 4 nitrogen and oxygen atoms in total. The molecule has 1 aliphatic heterocycles. The molecule has 2 N–H and O–H groups in total. The number of likely N-dealkylation sites (tertiary alicyclic amines) is 1. The van der Waals surface area contributed by atoms with Gasteiger partial charge in [0, 0.05) is 18.8 Å². The van der Waals surface area contributed by atoms with Gasteiger partial charge in [-0.05, 0) is 48.9 Å². The van der Waals surface area contributed by atoms with Gasteiger partial charge in [0.15, 0.2) is 0 Å². The molecule has 1 saturated heterocycles. The Morgan fingerprint density at radius 3 is 2.39 bits per heavy atom. The monoisotopic (exact) mass is 392 g/mol. The van der Waals surface area contributed by atoms with Crippen molar-refractivity contribution in [2.75, 3.05) is 18.4 Å². The quantitative estimate of drug-likeness (QED) is 0.773. The summed E-state index contributed by atoms with van der Waals surface area (Å²) < 4.78 is 39.1. The van der Waals surface area contributed by atoms with Crippen molar-refractivity contribution >= 4 is 11.7 Å². The number of nitrogens with one attached hydrogen (secondary N) is 1. The van der Waals surface area contributed by atoms with Crippen molar-refractivity contribution in [3.8, 4) is 0 Å². The fraction of sp³-hybridized carbons (Fsp3) is 0.381. The van der Waals surface area contributed by atoms with Gasteiger partial charge >= 0.3 is 12.2 Å². The molecule has 3 rings (SSSR count). The van der Waals surface area contributed by atoms with Crippen molar-refractivity contribution in [3.05, 3.63) is 65.2 Å². The minimum Gasteiger partial charge on any atom is -0.388 e. The van der Waals surface area contributed by atoms with Crippen LogP contribution in [0.15, 0.2) is 48.5 Å². The van der Waals surface area contributed by atoms with E-state index in [0.29, 0.717) is 25.9 Å². The van der Waals surface area contributed by atoms with Crippen LogP contribution in [0.25, 0.3) is 0 Å².